The summed E-state index contributed by atoms with van der Waals surface area (Å²) in [5.74, 6) is 0.0481. The van der Waals surface area contributed by atoms with Gasteiger partial charge in [0.05, 0.1) is 12.4 Å². The Morgan fingerprint density at radius 3 is 2.89 bits per heavy atom. The van der Waals surface area contributed by atoms with Gasteiger partial charge in [0.25, 0.3) is 5.91 Å². The second-order valence-electron chi connectivity index (χ2n) is 5.82. The zero-order valence-corrected chi connectivity index (χ0v) is 15.4. The van der Waals surface area contributed by atoms with Gasteiger partial charge in [0.1, 0.15) is 30.2 Å². The van der Waals surface area contributed by atoms with Crippen molar-refractivity contribution >= 4 is 34.7 Å². The number of aromatic nitrogens is 4. The minimum absolute atomic E-state index is 0.0567. The molecule has 3 N–H and O–H groups in total. The van der Waals surface area contributed by atoms with Crippen LogP contribution in [0.1, 0.15) is 13.2 Å². The monoisotopic (exact) mass is 390 g/mol. The Morgan fingerprint density at radius 1 is 1.44 bits per heavy atom. The molecule has 1 fully saturated rings. The zero-order valence-electron chi connectivity index (χ0n) is 14.6. The van der Waals surface area contributed by atoms with Gasteiger partial charge in [0.15, 0.2) is 23.2 Å². The van der Waals surface area contributed by atoms with Crippen molar-refractivity contribution in [2.24, 2.45) is 0 Å². The number of nitriles is 1. The number of amides is 1. The van der Waals surface area contributed by atoms with Crippen LogP contribution in [0, 0.1) is 11.3 Å². The van der Waals surface area contributed by atoms with Crippen LogP contribution in [0.3, 0.4) is 0 Å². The SMILES string of the molecule is C/C=C(\C#N)C(=O)Nc1ncnc2c1ncn2[C@@H]1O[C@H](CSC)[C@@H](O)[C@H]1O. The number of thioether (sulfide) groups is 1. The second-order valence-corrected chi connectivity index (χ2v) is 6.73. The van der Waals surface area contributed by atoms with E-state index >= 15 is 0 Å². The first kappa shape index (κ1) is 19.2. The number of rotatable bonds is 5. The Kier molecular flexibility index (Phi) is 5.71. The summed E-state index contributed by atoms with van der Waals surface area (Å²) in [5, 5.41) is 32.0. The van der Waals surface area contributed by atoms with Crippen molar-refractivity contribution in [1.29, 1.82) is 5.26 Å². The molecular weight excluding hydrogens is 372 g/mol. The number of nitrogens with zero attached hydrogens (tertiary/aromatic N) is 5. The van der Waals surface area contributed by atoms with Crippen LogP contribution in [0.4, 0.5) is 5.82 Å². The summed E-state index contributed by atoms with van der Waals surface area (Å²) in [6.07, 6.45) is 2.33. The Bertz CT molecular complexity index is 923. The minimum atomic E-state index is -1.15. The Labute approximate surface area is 158 Å². The highest BCUT2D eigenvalue weighted by atomic mass is 32.2. The number of hydrogen-bond donors (Lipinski definition) is 3. The number of fused-ring (bicyclic) bond motifs is 1. The molecule has 2 aromatic rings. The maximum Gasteiger partial charge on any atom is 0.267 e. The number of aliphatic hydroxyl groups is 2. The van der Waals surface area contributed by atoms with Gasteiger partial charge in [-0.15, -0.1) is 0 Å². The molecule has 27 heavy (non-hydrogen) atoms. The van der Waals surface area contributed by atoms with Crippen LogP contribution in [-0.2, 0) is 9.53 Å². The number of carbonyl (C=O) groups is 1. The summed E-state index contributed by atoms with van der Waals surface area (Å²) in [4.78, 5) is 24.4. The summed E-state index contributed by atoms with van der Waals surface area (Å²) >= 11 is 1.50. The molecule has 3 rings (SSSR count). The largest absolute Gasteiger partial charge is 0.387 e. The summed E-state index contributed by atoms with van der Waals surface area (Å²) in [6.45, 7) is 1.58. The van der Waals surface area contributed by atoms with Crippen LogP contribution in [0.2, 0.25) is 0 Å². The molecule has 1 amide bonds. The number of aliphatic hydroxyl groups excluding tert-OH is 2. The van der Waals surface area contributed by atoms with Crippen molar-refractivity contribution in [2.75, 3.05) is 17.3 Å². The average molecular weight is 390 g/mol. The molecular formula is C16H18N6O4S. The van der Waals surface area contributed by atoms with Crippen molar-refractivity contribution in [2.45, 2.75) is 31.5 Å². The molecule has 0 radical (unpaired) electrons. The van der Waals surface area contributed by atoms with Crippen molar-refractivity contribution in [1.82, 2.24) is 19.5 Å². The van der Waals surface area contributed by atoms with E-state index in [0.717, 1.165) is 0 Å². The van der Waals surface area contributed by atoms with Crippen molar-refractivity contribution in [3.8, 4) is 6.07 Å². The van der Waals surface area contributed by atoms with E-state index in [1.807, 2.05) is 6.26 Å². The zero-order chi connectivity index (χ0) is 19.6. The Morgan fingerprint density at radius 2 is 2.22 bits per heavy atom. The first-order chi connectivity index (χ1) is 13.0. The van der Waals surface area contributed by atoms with Gasteiger partial charge in [-0.25, -0.2) is 15.0 Å². The maximum atomic E-state index is 12.1. The van der Waals surface area contributed by atoms with Gasteiger partial charge in [0.2, 0.25) is 0 Å². The van der Waals surface area contributed by atoms with Crippen LogP contribution in [0.25, 0.3) is 11.2 Å². The summed E-state index contributed by atoms with van der Waals surface area (Å²) in [5.41, 5.74) is 0.539. The molecule has 1 aliphatic rings. The molecule has 0 unspecified atom stereocenters. The van der Waals surface area contributed by atoms with Gasteiger partial charge >= 0.3 is 0 Å². The van der Waals surface area contributed by atoms with Gasteiger partial charge in [-0.3, -0.25) is 9.36 Å². The summed E-state index contributed by atoms with van der Waals surface area (Å²) in [7, 11) is 0. The van der Waals surface area contributed by atoms with E-state index in [9.17, 15) is 15.0 Å². The van der Waals surface area contributed by atoms with E-state index in [-0.39, 0.29) is 16.9 Å². The quantitative estimate of drug-likeness (QED) is 0.482. The molecule has 0 bridgehead atoms. The molecule has 3 heterocycles. The minimum Gasteiger partial charge on any atom is -0.387 e. The third kappa shape index (κ3) is 3.52. The third-order valence-electron chi connectivity index (χ3n) is 4.19. The average Bonchev–Trinajstić information content (AvgIpc) is 3.20. The molecule has 2 aromatic heterocycles. The lowest BCUT2D eigenvalue weighted by atomic mass is 10.1. The smallest absolute Gasteiger partial charge is 0.267 e. The molecule has 0 spiro atoms. The molecule has 142 valence electrons. The van der Waals surface area contributed by atoms with E-state index < -0.39 is 30.4 Å². The lowest BCUT2D eigenvalue weighted by Crippen LogP contribution is -2.32. The number of hydrogen-bond acceptors (Lipinski definition) is 9. The number of allylic oxidation sites excluding steroid dienone is 1. The summed E-state index contributed by atoms with van der Waals surface area (Å²) < 4.78 is 7.26. The standard InChI is InChI=1S/C16H18N6O4S/c1-3-8(4-17)15(25)21-13-10-14(19-6-18-13)22(7-20-10)16-12(24)11(23)9(26-16)5-27-2/h3,6-7,9,11-12,16,23-24H,5H2,1-2H3,(H,18,19,21,25)/b8-3+/t9-,11-,12-,16-/m1/s1. The number of ether oxygens (including phenoxy) is 1. The van der Waals surface area contributed by atoms with Gasteiger partial charge in [-0.1, -0.05) is 6.08 Å². The highest BCUT2D eigenvalue weighted by Gasteiger charge is 2.44. The van der Waals surface area contributed by atoms with E-state index in [4.69, 9.17) is 10.00 Å². The number of carbonyl (C=O) groups excluding carboxylic acids is 1. The maximum absolute atomic E-state index is 12.1. The predicted molar refractivity (Wildman–Crippen MR) is 97.6 cm³/mol. The van der Waals surface area contributed by atoms with E-state index in [1.165, 1.54) is 35.1 Å². The van der Waals surface area contributed by atoms with Gasteiger partial charge in [-0.05, 0) is 13.2 Å². The van der Waals surface area contributed by atoms with Crippen molar-refractivity contribution in [3.05, 3.63) is 24.3 Å². The lowest BCUT2D eigenvalue weighted by Gasteiger charge is -2.16. The fourth-order valence-corrected chi connectivity index (χ4v) is 3.42. The van der Waals surface area contributed by atoms with Crippen LogP contribution in [-0.4, -0.2) is 66.0 Å². The molecule has 1 saturated heterocycles. The van der Waals surface area contributed by atoms with Crippen LogP contribution >= 0.6 is 11.8 Å². The normalized spacial score (nSPS) is 25.5. The molecule has 0 aromatic carbocycles. The molecule has 1 aliphatic heterocycles. The predicted octanol–water partition coefficient (Wildman–Crippen LogP) is 0.217. The first-order valence-electron chi connectivity index (χ1n) is 8.07. The van der Waals surface area contributed by atoms with Crippen LogP contribution in [0.15, 0.2) is 24.3 Å². The van der Waals surface area contributed by atoms with Crippen molar-refractivity contribution in [3.63, 3.8) is 0 Å². The van der Waals surface area contributed by atoms with E-state index in [1.54, 1.807) is 13.0 Å². The second kappa shape index (κ2) is 8.01. The van der Waals surface area contributed by atoms with Gasteiger partial charge < -0.3 is 20.3 Å². The highest BCUT2D eigenvalue weighted by Crippen LogP contribution is 2.33. The third-order valence-corrected chi connectivity index (χ3v) is 4.85. The fraction of sp³-hybridized carbons (Fsp3) is 0.438. The van der Waals surface area contributed by atoms with E-state index in [0.29, 0.717) is 11.4 Å². The molecule has 0 aliphatic carbocycles. The van der Waals surface area contributed by atoms with Crippen LogP contribution < -0.4 is 5.32 Å². The Balaban J connectivity index is 1.92. The topological polar surface area (TPSA) is 146 Å². The highest BCUT2D eigenvalue weighted by molar-refractivity contribution is 7.98. The fourth-order valence-electron chi connectivity index (χ4n) is 2.81. The van der Waals surface area contributed by atoms with E-state index in [2.05, 4.69) is 20.3 Å². The number of nitrogens with one attached hydrogen (secondary N) is 1. The lowest BCUT2D eigenvalue weighted by molar-refractivity contribution is -0.112. The summed E-state index contributed by atoms with van der Waals surface area (Å²) in [6, 6.07) is 1.79. The number of anilines is 1. The Hall–Kier alpha value is -2.52. The molecule has 0 saturated carbocycles. The molecule has 10 nitrogen and oxygen atoms in total. The van der Waals surface area contributed by atoms with Gasteiger partial charge in [-0.2, -0.15) is 17.0 Å². The van der Waals surface area contributed by atoms with Crippen molar-refractivity contribution < 1.29 is 19.7 Å². The number of imidazole rings is 1. The molecule has 11 heteroatoms. The molecule has 4 atom stereocenters. The first-order valence-corrected chi connectivity index (χ1v) is 9.47. The van der Waals surface area contributed by atoms with Crippen LogP contribution in [0.5, 0.6) is 0 Å². The van der Waals surface area contributed by atoms with Gasteiger partial charge in [0, 0.05) is 5.75 Å².